The van der Waals surface area contributed by atoms with Crippen molar-refractivity contribution in [3.8, 4) is 12.1 Å². The molecule has 0 atom stereocenters. The molecule has 0 spiro atoms. The number of amides is 1. The molecule has 0 bridgehead atoms. The van der Waals surface area contributed by atoms with E-state index in [1.807, 2.05) is 47.0 Å². The van der Waals surface area contributed by atoms with Crippen molar-refractivity contribution < 1.29 is 9.53 Å². The number of nitrogens with zero attached hydrogens (tertiary/aromatic N) is 6. The number of aromatic nitrogens is 4. The Labute approximate surface area is 263 Å². The summed E-state index contributed by atoms with van der Waals surface area (Å²) >= 11 is 0. The highest BCUT2D eigenvalue weighted by atomic mass is 16.6. The van der Waals surface area contributed by atoms with Crippen LogP contribution in [0.1, 0.15) is 68.7 Å². The number of nitriles is 2. The maximum absolute atomic E-state index is 12.0. The lowest BCUT2D eigenvalue weighted by Crippen LogP contribution is -2.46. The third kappa shape index (κ3) is 6.97. The fourth-order valence-electron chi connectivity index (χ4n) is 6.13. The number of nitrogens with one attached hydrogen (secondary N) is 3. The highest BCUT2D eigenvalue weighted by Crippen LogP contribution is 2.34. The van der Waals surface area contributed by atoms with Crippen molar-refractivity contribution in [2.75, 3.05) is 36.0 Å². The Morgan fingerprint density at radius 2 is 1.33 bits per heavy atom. The molecular weight excluding hydrogens is 568 g/mol. The molecule has 2 aliphatic rings. The number of hydrogen-bond acceptors (Lipinski definition) is 9. The first-order chi connectivity index (χ1) is 21.5. The minimum Gasteiger partial charge on any atom is -0.444 e. The third-order valence-corrected chi connectivity index (χ3v) is 8.37. The van der Waals surface area contributed by atoms with Crippen molar-refractivity contribution in [1.29, 1.82) is 10.5 Å². The Balaban J connectivity index is 0.000000186. The highest BCUT2D eigenvalue weighted by Gasteiger charge is 2.27. The van der Waals surface area contributed by atoms with E-state index in [2.05, 4.69) is 47.2 Å². The smallest absolute Gasteiger partial charge is 0.407 e. The van der Waals surface area contributed by atoms with Crippen molar-refractivity contribution in [2.45, 2.75) is 78.0 Å². The van der Waals surface area contributed by atoms with E-state index in [1.165, 1.54) is 0 Å². The molecule has 12 nitrogen and oxygen atoms in total. The molecule has 0 radical (unpaired) electrons. The van der Waals surface area contributed by atoms with Gasteiger partial charge >= 0.3 is 6.09 Å². The molecule has 6 heterocycles. The number of nitrogens with two attached hydrogens (primary N) is 1. The number of H-pyrrole nitrogens is 2. The second kappa shape index (κ2) is 13.0. The van der Waals surface area contributed by atoms with Gasteiger partial charge in [0, 0.05) is 73.8 Å². The van der Waals surface area contributed by atoms with Crippen molar-refractivity contribution in [3.63, 3.8) is 0 Å². The van der Waals surface area contributed by atoms with Gasteiger partial charge in [0.15, 0.2) is 0 Å². The molecule has 1 amide bonds. The highest BCUT2D eigenvalue weighted by molar-refractivity contribution is 5.96. The standard InChI is InChI=1S/C19H25N5O2.C14H17N5/c1-12-10-21-17-15(12)16(13(9-20)11-22-17)24-7-5-14(6-8-24)23-18(25)26-19(2,3)4;1-9-7-17-14-12(9)13(10(6-15)8-18-14)19-4-2-11(16)3-5-19/h10-11,14H,5-8H2,1-4H3,(H,21,22)(H,23,25);7-8,11H,2-5,16H2,1H3,(H,17,18). The van der Waals surface area contributed by atoms with Gasteiger partial charge in [-0.1, -0.05) is 0 Å². The minimum absolute atomic E-state index is 0.0799. The number of fused-ring (bicyclic) bond motifs is 2. The van der Waals surface area contributed by atoms with Crippen LogP contribution in [0.15, 0.2) is 24.8 Å². The van der Waals surface area contributed by atoms with E-state index in [4.69, 9.17) is 10.5 Å². The van der Waals surface area contributed by atoms with Gasteiger partial charge in [0.25, 0.3) is 0 Å². The maximum atomic E-state index is 12.0. The van der Waals surface area contributed by atoms with Gasteiger partial charge in [0.05, 0.1) is 22.5 Å². The number of pyridine rings is 2. The van der Waals surface area contributed by atoms with Crippen LogP contribution in [0, 0.1) is 36.5 Å². The van der Waals surface area contributed by atoms with E-state index < -0.39 is 5.60 Å². The monoisotopic (exact) mass is 610 g/mol. The van der Waals surface area contributed by atoms with E-state index in [9.17, 15) is 15.3 Å². The van der Waals surface area contributed by atoms with Crippen LogP contribution in [-0.2, 0) is 4.74 Å². The number of aromatic amines is 2. The minimum atomic E-state index is -0.499. The largest absolute Gasteiger partial charge is 0.444 e. The number of carbonyl (C=O) groups is 1. The van der Waals surface area contributed by atoms with Crippen LogP contribution in [0.25, 0.3) is 22.1 Å². The predicted octanol–water partition coefficient (Wildman–Crippen LogP) is 4.91. The molecule has 4 aromatic rings. The van der Waals surface area contributed by atoms with E-state index in [-0.39, 0.29) is 18.2 Å². The average molecular weight is 611 g/mol. The molecular formula is C33H42N10O2. The number of anilines is 2. The molecule has 236 valence electrons. The lowest BCUT2D eigenvalue weighted by molar-refractivity contribution is 0.0497. The molecule has 0 unspecified atom stereocenters. The number of alkyl carbamates (subject to hydrolysis) is 1. The summed E-state index contributed by atoms with van der Waals surface area (Å²) in [6, 6.07) is 4.89. The number of piperidine rings is 2. The number of aryl methyl sites for hydroxylation is 2. The molecule has 45 heavy (non-hydrogen) atoms. The van der Waals surface area contributed by atoms with E-state index >= 15 is 0 Å². The Hall–Kier alpha value is -4.81. The summed E-state index contributed by atoms with van der Waals surface area (Å²) in [6.07, 6.45) is 10.3. The van der Waals surface area contributed by atoms with Gasteiger partial charge < -0.3 is 35.6 Å². The summed E-state index contributed by atoms with van der Waals surface area (Å²) in [5.41, 5.74) is 12.5. The second-order valence-electron chi connectivity index (χ2n) is 12.9. The Morgan fingerprint density at radius 3 is 1.76 bits per heavy atom. The fraction of sp³-hybridized carbons (Fsp3) is 0.485. The van der Waals surface area contributed by atoms with Gasteiger partial charge in [-0.25, -0.2) is 14.8 Å². The number of ether oxygens (including phenoxy) is 1. The lowest BCUT2D eigenvalue weighted by atomic mass is 10.0. The van der Waals surface area contributed by atoms with Gasteiger partial charge in [-0.3, -0.25) is 0 Å². The van der Waals surface area contributed by atoms with Crippen molar-refractivity contribution >= 4 is 39.5 Å². The third-order valence-electron chi connectivity index (χ3n) is 8.37. The molecule has 0 saturated carbocycles. The first-order valence-corrected chi connectivity index (χ1v) is 15.5. The van der Waals surface area contributed by atoms with Crippen molar-refractivity contribution in [3.05, 3.63) is 47.0 Å². The van der Waals surface area contributed by atoms with Crippen LogP contribution in [-0.4, -0.2) is 69.9 Å². The van der Waals surface area contributed by atoms with Crippen molar-refractivity contribution in [2.24, 2.45) is 5.73 Å². The number of carbonyl (C=O) groups excluding carboxylic acids is 1. The average Bonchev–Trinajstić information content (AvgIpc) is 3.58. The normalized spacial score (nSPS) is 16.2. The van der Waals surface area contributed by atoms with Gasteiger partial charge in [-0.15, -0.1) is 0 Å². The lowest BCUT2D eigenvalue weighted by Gasteiger charge is -2.35. The zero-order valence-corrected chi connectivity index (χ0v) is 26.7. The molecule has 4 aromatic heterocycles. The number of hydrogen-bond donors (Lipinski definition) is 4. The van der Waals surface area contributed by atoms with Crippen LogP contribution >= 0.6 is 0 Å². The summed E-state index contributed by atoms with van der Waals surface area (Å²) in [6.45, 7) is 12.9. The summed E-state index contributed by atoms with van der Waals surface area (Å²) in [5, 5.41) is 23.9. The summed E-state index contributed by atoms with van der Waals surface area (Å²) in [4.78, 5) is 31.4. The molecule has 2 fully saturated rings. The Morgan fingerprint density at radius 1 is 0.889 bits per heavy atom. The molecule has 0 aliphatic carbocycles. The Kier molecular flexibility index (Phi) is 9.16. The van der Waals surface area contributed by atoms with Gasteiger partial charge in [-0.05, 0) is 71.4 Å². The summed E-state index contributed by atoms with van der Waals surface area (Å²) < 4.78 is 5.33. The van der Waals surface area contributed by atoms with E-state index in [0.29, 0.717) is 11.1 Å². The van der Waals surface area contributed by atoms with Crippen LogP contribution < -0.4 is 20.9 Å². The molecule has 5 N–H and O–H groups in total. The summed E-state index contributed by atoms with van der Waals surface area (Å²) in [5.74, 6) is 0. The van der Waals surface area contributed by atoms with Crippen LogP contribution in [0.3, 0.4) is 0 Å². The SMILES string of the molecule is Cc1c[nH]c2ncc(C#N)c(N3CCC(N)CC3)c12.Cc1c[nH]c2ncc(C#N)c(N3CCC(NC(=O)OC(C)(C)C)CC3)c12. The Bertz CT molecular complexity index is 1750. The van der Waals surface area contributed by atoms with E-state index in [1.54, 1.807) is 12.4 Å². The second-order valence-corrected chi connectivity index (χ2v) is 12.9. The van der Waals surface area contributed by atoms with Gasteiger partial charge in [-0.2, -0.15) is 10.5 Å². The first kappa shape index (κ1) is 31.6. The topological polar surface area (TPSA) is 176 Å². The first-order valence-electron chi connectivity index (χ1n) is 15.5. The van der Waals surface area contributed by atoms with Crippen molar-refractivity contribution in [1.82, 2.24) is 25.3 Å². The summed E-state index contributed by atoms with van der Waals surface area (Å²) in [7, 11) is 0. The van der Waals surface area contributed by atoms with Gasteiger partial charge in [0.2, 0.25) is 0 Å². The zero-order chi connectivity index (χ0) is 32.3. The van der Waals surface area contributed by atoms with Gasteiger partial charge in [0.1, 0.15) is 29.0 Å². The molecule has 12 heteroatoms. The zero-order valence-electron chi connectivity index (χ0n) is 26.7. The van der Waals surface area contributed by atoms with Crippen LogP contribution in [0.4, 0.5) is 16.2 Å². The number of rotatable bonds is 3. The van der Waals surface area contributed by atoms with Crippen LogP contribution in [0.5, 0.6) is 0 Å². The predicted molar refractivity (Wildman–Crippen MR) is 175 cm³/mol. The quantitative estimate of drug-likeness (QED) is 0.251. The maximum Gasteiger partial charge on any atom is 0.407 e. The molecule has 6 rings (SSSR count). The van der Waals surface area contributed by atoms with Crippen LogP contribution in [0.2, 0.25) is 0 Å². The molecule has 0 aromatic carbocycles. The fourth-order valence-corrected chi connectivity index (χ4v) is 6.13. The molecule has 2 saturated heterocycles. The van der Waals surface area contributed by atoms with E-state index in [0.717, 1.165) is 96.4 Å². The molecule has 2 aliphatic heterocycles.